The van der Waals surface area contributed by atoms with Crippen LogP contribution in [-0.2, 0) is 0 Å². The Bertz CT molecular complexity index is 54.6. The third-order valence-corrected chi connectivity index (χ3v) is 0.376. The summed E-state index contributed by atoms with van der Waals surface area (Å²) < 4.78 is 11.5. The standard InChI is InChI=1S/C4H8FN/c1-3-6-4(2)5/h3H2,1-2H3. The quantitative estimate of drug-likeness (QED) is 0.430. The van der Waals surface area contributed by atoms with Crippen molar-refractivity contribution in [2.24, 2.45) is 4.99 Å². The van der Waals surface area contributed by atoms with Crippen molar-refractivity contribution in [2.75, 3.05) is 6.54 Å². The number of halogens is 1. The highest BCUT2D eigenvalue weighted by molar-refractivity contribution is 5.71. The van der Waals surface area contributed by atoms with Gasteiger partial charge < -0.3 is 0 Å². The summed E-state index contributed by atoms with van der Waals surface area (Å²) in [6, 6.07) is 0. The molecule has 0 aromatic carbocycles. The van der Waals surface area contributed by atoms with Gasteiger partial charge in [-0.25, -0.2) is 0 Å². The fourth-order valence-electron chi connectivity index (χ4n) is 0.218. The largest absolute Gasteiger partial charge is 0.262 e. The zero-order valence-corrected chi connectivity index (χ0v) is 4.03. The minimum absolute atomic E-state index is 0.336. The Hall–Kier alpha value is -0.400. The highest BCUT2D eigenvalue weighted by atomic mass is 19.1. The molecular formula is C4H8FN. The third kappa shape index (κ3) is 3.60. The van der Waals surface area contributed by atoms with E-state index in [0.29, 0.717) is 6.54 Å². The van der Waals surface area contributed by atoms with Crippen molar-refractivity contribution in [2.45, 2.75) is 13.8 Å². The topological polar surface area (TPSA) is 12.4 Å². The van der Waals surface area contributed by atoms with Crippen LogP contribution >= 0.6 is 0 Å². The Morgan fingerprint density at radius 3 is 2.33 bits per heavy atom. The second-order valence-corrected chi connectivity index (χ2v) is 0.971. The number of aliphatic imine (C=N–C) groups is 1. The van der Waals surface area contributed by atoms with Crippen LogP contribution in [-0.4, -0.2) is 12.5 Å². The van der Waals surface area contributed by atoms with E-state index in [9.17, 15) is 4.39 Å². The first-order valence-corrected chi connectivity index (χ1v) is 1.94. The molecular weight excluding hydrogens is 81.0 g/mol. The summed E-state index contributed by atoms with van der Waals surface area (Å²) in [4.78, 5) is 3.38. The molecule has 0 spiro atoms. The van der Waals surface area contributed by atoms with Crippen LogP contribution in [0.3, 0.4) is 0 Å². The van der Waals surface area contributed by atoms with Gasteiger partial charge in [0.15, 0.2) is 5.97 Å². The molecule has 36 valence electrons. The molecule has 0 aliphatic carbocycles. The summed E-state index contributed by atoms with van der Waals surface area (Å²) in [5.41, 5.74) is 0. The van der Waals surface area contributed by atoms with E-state index in [2.05, 4.69) is 4.99 Å². The van der Waals surface area contributed by atoms with Crippen molar-refractivity contribution in [3.8, 4) is 0 Å². The van der Waals surface area contributed by atoms with Gasteiger partial charge in [-0.15, -0.1) is 0 Å². The molecule has 0 saturated carbocycles. The van der Waals surface area contributed by atoms with Gasteiger partial charge in [-0.2, -0.15) is 4.39 Å². The molecule has 0 unspecified atom stereocenters. The molecule has 0 amide bonds. The Morgan fingerprint density at radius 2 is 2.33 bits per heavy atom. The van der Waals surface area contributed by atoms with E-state index in [1.807, 2.05) is 0 Å². The highest BCUT2D eigenvalue weighted by Crippen LogP contribution is 1.74. The monoisotopic (exact) mass is 89.1 g/mol. The Morgan fingerprint density at radius 1 is 1.83 bits per heavy atom. The normalized spacial score (nSPS) is 12.2. The molecule has 0 atom stereocenters. The van der Waals surface area contributed by atoms with E-state index < -0.39 is 0 Å². The summed E-state index contributed by atoms with van der Waals surface area (Å²) in [6.45, 7) is 3.68. The van der Waals surface area contributed by atoms with E-state index >= 15 is 0 Å². The average molecular weight is 89.1 g/mol. The second-order valence-electron chi connectivity index (χ2n) is 0.971. The molecule has 0 aromatic heterocycles. The Labute approximate surface area is 36.9 Å². The molecule has 0 bridgehead atoms. The summed E-state index contributed by atoms with van der Waals surface area (Å²) in [7, 11) is 0. The van der Waals surface area contributed by atoms with Gasteiger partial charge in [0.1, 0.15) is 0 Å². The van der Waals surface area contributed by atoms with Crippen molar-refractivity contribution in [1.82, 2.24) is 0 Å². The van der Waals surface area contributed by atoms with Gasteiger partial charge in [-0.1, -0.05) is 0 Å². The van der Waals surface area contributed by atoms with Crippen LogP contribution in [0.15, 0.2) is 4.99 Å². The molecule has 0 heterocycles. The zero-order chi connectivity index (χ0) is 4.99. The maximum Gasteiger partial charge on any atom is 0.181 e. The van der Waals surface area contributed by atoms with Crippen molar-refractivity contribution >= 4 is 5.97 Å². The summed E-state index contributed by atoms with van der Waals surface area (Å²) in [5.74, 6) is -0.336. The number of rotatable bonds is 1. The van der Waals surface area contributed by atoms with E-state index in [-0.39, 0.29) is 5.97 Å². The van der Waals surface area contributed by atoms with Crippen molar-refractivity contribution in [3.63, 3.8) is 0 Å². The molecule has 0 fully saturated rings. The maximum absolute atomic E-state index is 11.5. The van der Waals surface area contributed by atoms with E-state index in [4.69, 9.17) is 0 Å². The summed E-state index contributed by atoms with van der Waals surface area (Å²) >= 11 is 0. The first-order valence-electron chi connectivity index (χ1n) is 1.94. The first kappa shape index (κ1) is 5.60. The van der Waals surface area contributed by atoms with Gasteiger partial charge in [0, 0.05) is 13.5 Å². The van der Waals surface area contributed by atoms with Crippen LogP contribution in [0.5, 0.6) is 0 Å². The van der Waals surface area contributed by atoms with E-state index in [0.717, 1.165) is 0 Å². The summed E-state index contributed by atoms with van der Waals surface area (Å²) in [6.07, 6.45) is 0. The lowest BCUT2D eigenvalue weighted by Crippen LogP contribution is -1.76. The Kier molecular flexibility index (Phi) is 2.63. The second kappa shape index (κ2) is 2.82. The van der Waals surface area contributed by atoms with E-state index in [1.54, 1.807) is 6.92 Å². The lowest BCUT2D eigenvalue weighted by molar-refractivity contribution is 0.786. The minimum Gasteiger partial charge on any atom is -0.262 e. The molecule has 0 radical (unpaired) electrons. The number of hydrogen-bond donors (Lipinski definition) is 0. The highest BCUT2D eigenvalue weighted by Gasteiger charge is 1.73. The molecule has 0 N–H and O–H groups in total. The lowest BCUT2D eigenvalue weighted by atomic mass is 10.7. The van der Waals surface area contributed by atoms with Crippen LogP contribution in [0.1, 0.15) is 13.8 Å². The average Bonchev–Trinajstić information content (AvgIpc) is 1.35. The van der Waals surface area contributed by atoms with Gasteiger partial charge in [-0.3, -0.25) is 4.99 Å². The number of hydrogen-bond acceptors (Lipinski definition) is 1. The van der Waals surface area contributed by atoms with Crippen molar-refractivity contribution < 1.29 is 4.39 Å². The van der Waals surface area contributed by atoms with Crippen LogP contribution < -0.4 is 0 Å². The molecule has 0 saturated heterocycles. The predicted octanol–water partition coefficient (Wildman–Crippen LogP) is 1.39. The molecule has 0 rings (SSSR count). The molecule has 0 aliphatic rings. The SMILES string of the molecule is CCN=C(C)F. The zero-order valence-electron chi connectivity index (χ0n) is 4.03. The van der Waals surface area contributed by atoms with Crippen LogP contribution in [0.25, 0.3) is 0 Å². The van der Waals surface area contributed by atoms with Gasteiger partial charge in [0.25, 0.3) is 0 Å². The fourth-order valence-corrected chi connectivity index (χ4v) is 0.218. The fraction of sp³-hybridized carbons (Fsp3) is 0.750. The smallest absolute Gasteiger partial charge is 0.181 e. The van der Waals surface area contributed by atoms with Crippen molar-refractivity contribution in [1.29, 1.82) is 0 Å². The molecule has 0 aromatic rings. The first-order chi connectivity index (χ1) is 2.77. The maximum atomic E-state index is 11.5. The summed E-state index contributed by atoms with van der Waals surface area (Å²) in [5, 5.41) is 0. The minimum atomic E-state index is -0.336. The molecule has 0 aliphatic heterocycles. The van der Waals surface area contributed by atoms with Crippen LogP contribution in [0.4, 0.5) is 4.39 Å². The van der Waals surface area contributed by atoms with Crippen LogP contribution in [0.2, 0.25) is 0 Å². The van der Waals surface area contributed by atoms with Gasteiger partial charge >= 0.3 is 0 Å². The van der Waals surface area contributed by atoms with E-state index in [1.165, 1.54) is 6.92 Å². The Balaban J connectivity index is 3.14. The lowest BCUT2D eigenvalue weighted by Gasteiger charge is -1.76. The predicted molar refractivity (Wildman–Crippen MR) is 24.8 cm³/mol. The molecule has 6 heavy (non-hydrogen) atoms. The third-order valence-electron chi connectivity index (χ3n) is 0.376. The van der Waals surface area contributed by atoms with Gasteiger partial charge in [-0.05, 0) is 6.92 Å². The van der Waals surface area contributed by atoms with Crippen LogP contribution in [0, 0.1) is 0 Å². The number of nitrogens with zero attached hydrogens (tertiary/aromatic N) is 1. The molecule has 1 nitrogen and oxygen atoms in total. The van der Waals surface area contributed by atoms with Gasteiger partial charge in [0.2, 0.25) is 0 Å². The molecule has 2 heteroatoms. The van der Waals surface area contributed by atoms with Crippen molar-refractivity contribution in [3.05, 3.63) is 0 Å². The van der Waals surface area contributed by atoms with Gasteiger partial charge in [0.05, 0.1) is 0 Å².